The average Bonchev–Trinajstić information content (AvgIpc) is 2.45. The normalized spacial score (nSPS) is 11.4. The molecular formula is C16H25N3OS. The third kappa shape index (κ3) is 7.09. The maximum atomic E-state index is 5.62. The number of nitrogens with one attached hydrogen (secondary N) is 2. The molecule has 1 aromatic carbocycles. The highest BCUT2D eigenvalue weighted by Gasteiger charge is 2.01. The van der Waals surface area contributed by atoms with E-state index < -0.39 is 0 Å². The number of hydrogen-bond donors (Lipinski definition) is 2. The van der Waals surface area contributed by atoms with Crippen molar-refractivity contribution in [1.82, 2.24) is 10.7 Å². The molecule has 2 N–H and O–H groups in total. The van der Waals surface area contributed by atoms with Gasteiger partial charge in [0.2, 0.25) is 0 Å². The second-order valence-corrected chi connectivity index (χ2v) is 5.52. The Bertz CT molecular complexity index is 469. The SMILES string of the molecule is CCCCNC(=S)N/N=C(/C)c1ccc(OC(C)C)cc1. The lowest BCUT2D eigenvalue weighted by Crippen LogP contribution is -2.33. The molecule has 0 fully saturated rings. The van der Waals surface area contributed by atoms with Gasteiger partial charge in [-0.05, 0) is 69.2 Å². The van der Waals surface area contributed by atoms with E-state index in [1.54, 1.807) is 0 Å². The highest BCUT2D eigenvalue weighted by atomic mass is 32.1. The molecule has 0 atom stereocenters. The Labute approximate surface area is 133 Å². The first-order valence-corrected chi connectivity index (χ1v) is 7.79. The van der Waals surface area contributed by atoms with Crippen LogP contribution < -0.4 is 15.5 Å². The molecule has 0 heterocycles. The minimum atomic E-state index is 0.179. The van der Waals surface area contributed by atoms with E-state index in [1.165, 1.54) is 0 Å². The molecule has 4 nitrogen and oxygen atoms in total. The van der Waals surface area contributed by atoms with Crippen LogP contribution in [0.1, 0.15) is 46.1 Å². The van der Waals surface area contributed by atoms with Crippen molar-refractivity contribution in [3.05, 3.63) is 29.8 Å². The highest BCUT2D eigenvalue weighted by Crippen LogP contribution is 2.14. The molecule has 1 aromatic rings. The van der Waals surface area contributed by atoms with E-state index in [0.29, 0.717) is 5.11 Å². The Morgan fingerprint density at radius 2 is 1.95 bits per heavy atom. The average molecular weight is 307 g/mol. The molecule has 21 heavy (non-hydrogen) atoms. The minimum Gasteiger partial charge on any atom is -0.491 e. The molecule has 5 heteroatoms. The topological polar surface area (TPSA) is 45.7 Å². The van der Waals surface area contributed by atoms with Gasteiger partial charge in [0.25, 0.3) is 0 Å². The zero-order valence-corrected chi connectivity index (χ0v) is 14.1. The molecule has 0 aromatic heterocycles. The molecular weight excluding hydrogens is 282 g/mol. The molecule has 0 radical (unpaired) electrons. The number of hydrogen-bond acceptors (Lipinski definition) is 3. The molecule has 0 saturated heterocycles. The Morgan fingerprint density at radius 1 is 1.29 bits per heavy atom. The van der Waals surface area contributed by atoms with E-state index in [1.807, 2.05) is 45.0 Å². The number of ether oxygens (including phenoxy) is 1. The first kappa shape index (κ1) is 17.4. The molecule has 0 saturated carbocycles. The van der Waals surface area contributed by atoms with Crippen LogP contribution in [0.15, 0.2) is 29.4 Å². The summed E-state index contributed by atoms with van der Waals surface area (Å²) in [4.78, 5) is 0. The Morgan fingerprint density at radius 3 is 2.52 bits per heavy atom. The summed E-state index contributed by atoms with van der Waals surface area (Å²) in [5.41, 5.74) is 4.78. The van der Waals surface area contributed by atoms with Crippen LogP contribution in [0.25, 0.3) is 0 Å². The molecule has 116 valence electrons. The lowest BCUT2D eigenvalue weighted by molar-refractivity contribution is 0.242. The number of rotatable bonds is 7. The van der Waals surface area contributed by atoms with Crippen molar-refractivity contribution in [1.29, 1.82) is 0 Å². The number of nitrogens with zero attached hydrogens (tertiary/aromatic N) is 1. The van der Waals surface area contributed by atoms with Crippen LogP contribution in [0.4, 0.5) is 0 Å². The van der Waals surface area contributed by atoms with Crippen LogP contribution in [0.5, 0.6) is 5.75 Å². The summed E-state index contributed by atoms with van der Waals surface area (Å²) in [6, 6.07) is 7.88. The molecule has 0 aliphatic heterocycles. The Balaban J connectivity index is 2.51. The molecule has 0 spiro atoms. The quantitative estimate of drug-likeness (QED) is 0.350. The first-order valence-electron chi connectivity index (χ1n) is 7.38. The largest absolute Gasteiger partial charge is 0.491 e. The van der Waals surface area contributed by atoms with Gasteiger partial charge in [0.1, 0.15) is 5.75 Å². The molecule has 1 rings (SSSR count). The molecule has 0 bridgehead atoms. The van der Waals surface area contributed by atoms with E-state index >= 15 is 0 Å². The summed E-state index contributed by atoms with van der Waals surface area (Å²) in [6.45, 7) is 8.99. The van der Waals surface area contributed by atoms with Crippen LogP contribution >= 0.6 is 12.2 Å². The second kappa shape index (κ2) is 9.34. The summed E-state index contributed by atoms with van der Waals surface area (Å²) >= 11 is 5.15. The summed E-state index contributed by atoms with van der Waals surface area (Å²) in [6.07, 6.45) is 2.42. The third-order valence-corrected chi connectivity index (χ3v) is 3.02. The van der Waals surface area contributed by atoms with Crippen LogP contribution in [-0.4, -0.2) is 23.5 Å². The molecule has 0 aliphatic carbocycles. The predicted octanol–water partition coefficient (Wildman–Crippen LogP) is 3.46. The van der Waals surface area contributed by atoms with Gasteiger partial charge in [-0.1, -0.05) is 13.3 Å². The summed E-state index contributed by atoms with van der Waals surface area (Å²) in [7, 11) is 0. The lowest BCUT2D eigenvalue weighted by Gasteiger charge is -2.10. The Kier molecular flexibility index (Phi) is 7.75. The standard InChI is InChI=1S/C16H25N3OS/c1-5-6-11-17-16(21)19-18-13(4)14-7-9-15(10-8-14)20-12(2)3/h7-10,12H,5-6,11H2,1-4H3,(H2,17,19,21)/b18-13-. The van der Waals surface area contributed by atoms with Gasteiger partial charge in [-0.25, -0.2) is 0 Å². The fourth-order valence-electron chi connectivity index (χ4n) is 1.66. The van der Waals surface area contributed by atoms with Crippen LogP contribution in [0.2, 0.25) is 0 Å². The first-order chi connectivity index (χ1) is 10.0. The molecule has 0 amide bonds. The number of benzene rings is 1. The van der Waals surface area contributed by atoms with Crippen molar-refractivity contribution in [2.24, 2.45) is 5.10 Å². The van der Waals surface area contributed by atoms with E-state index in [9.17, 15) is 0 Å². The molecule has 0 aliphatic rings. The Hall–Kier alpha value is -1.62. The van der Waals surface area contributed by atoms with Gasteiger partial charge in [-0.3, -0.25) is 5.43 Å². The number of hydrazone groups is 1. The monoisotopic (exact) mass is 307 g/mol. The van der Waals surface area contributed by atoms with Crippen LogP contribution in [-0.2, 0) is 0 Å². The summed E-state index contributed by atoms with van der Waals surface area (Å²) < 4.78 is 5.62. The van der Waals surface area contributed by atoms with E-state index in [-0.39, 0.29) is 6.10 Å². The van der Waals surface area contributed by atoms with Gasteiger partial charge in [-0.2, -0.15) is 5.10 Å². The highest BCUT2D eigenvalue weighted by molar-refractivity contribution is 7.80. The van der Waals surface area contributed by atoms with Gasteiger partial charge in [0.15, 0.2) is 5.11 Å². The lowest BCUT2D eigenvalue weighted by atomic mass is 10.1. The van der Waals surface area contributed by atoms with Crippen LogP contribution in [0, 0.1) is 0 Å². The van der Waals surface area contributed by atoms with Crippen molar-refractivity contribution >= 4 is 23.0 Å². The number of unbranched alkanes of at least 4 members (excludes halogenated alkanes) is 1. The van der Waals surface area contributed by atoms with Gasteiger partial charge in [0.05, 0.1) is 11.8 Å². The smallest absolute Gasteiger partial charge is 0.186 e. The summed E-state index contributed by atoms with van der Waals surface area (Å²) in [5.74, 6) is 0.867. The minimum absolute atomic E-state index is 0.179. The van der Waals surface area contributed by atoms with Gasteiger partial charge >= 0.3 is 0 Å². The van der Waals surface area contributed by atoms with E-state index in [0.717, 1.165) is 36.4 Å². The van der Waals surface area contributed by atoms with Gasteiger partial charge in [0, 0.05) is 6.54 Å². The van der Waals surface area contributed by atoms with Crippen molar-refractivity contribution in [2.45, 2.75) is 46.6 Å². The maximum absolute atomic E-state index is 5.62. The summed E-state index contributed by atoms with van der Waals surface area (Å²) in [5, 5.41) is 7.96. The van der Waals surface area contributed by atoms with Crippen molar-refractivity contribution in [3.63, 3.8) is 0 Å². The predicted molar refractivity (Wildman–Crippen MR) is 93.1 cm³/mol. The fraction of sp³-hybridized carbons (Fsp3) is 0.500. The number of thiocarbonyl (C=S) groups is 1. The second-order valence-electron chi connectivity index (χ2n) is 5.11. The van der Waals surface area contributed by atoms with E-state index in [4.69, 9.17) is 17.0 Å². The zero-order chi connectivity index (χ0) is 15.7. The molecule has 0 unspecified atom stereocenters. The van der Waals surface area contributed by atoms with Gasteiger partial charge < -0.3 is 10.1 Å². The fourth-order valence-corrected chi connectivity index (χ4v) is 1.81. The van der Waals surface area contributed by atoms with Crippen molar-refractivity contribution < 1.29 is 4.74 Å². The van der Waals surface area contributed by atoms with Crippen molar-refractivity contribution in [3.8, 4) is 5.75 Å². The van der Waals surface area contributed by atoms with Crippen molar-refractivity contribution in [2.75, 3.05) is 6.54 Å². The van der Waals surface area contributed by atoms with Gasteiger partial charge in [-0.15, -0.1) is 0 Å². The van der Waals surface area contributed by atoms with E-state index in [2.05, 4.69) is 22.8 Å². The third-order valence-electron chi connectivity index (χ3n) is 2.78. The zero-order valence-electron chi connectivity index (χ0n) is 13.3. The van der Waals surface area contributed by atoms with Crippen LogP contribution in [0.3, 0.4) is 0 Å². The maximum Gasteiger partial charge on any atom is 0.186 e.